The molecule has 12 heteroatoms. The van der Waals surface area contributed by atoms with Crippen LogP contribution >= 0.6 is 23.1 Å². The van der Waals surface area contributed by atoms with Crippen LogP contribution in [0.5, 0.6) is 0 Å². The van der Waals surface area contributed by atoms with Crippen LogP contribution in [0.15, 0.2) is 0 Å². The fourth-order valence-electron chi connectivity index (χ4n) is 4.67. The van der Waals surface area contributed by atoms with Crippen molar-refractivity contribution in [2.75, 3.05) is 12.5 Å². The first-order chi connectivity index (χ1) is 12.3. The zero-order valence-corrected chi connectivity index (χ0v) is 19.4. The van der Waals surface area contributed by atoms with E-state index in [9.17, 15) is 27.0 Å². The lowest BCUT2D eigenvalue weighted by Gasteiger charge is -2.34. The van der Waals surface area contributed by atoms with Gasteiger partial charge in [-0.15, -0.1) is 12.4 Å². The van der Waals surface area contributed by atoms with E-state index in [1.54, 1.807) is 4.31 Å². The highest BCUT2D eigenvalue weighted by Gasteiger charge is 2.44. The second-order valence-corrected chi connectivity index (χ2v) is 13.0. The van der Waals surface area contributed by atoms with Crippen molar-refractivity contribution in [3.8, 4) is 0 Å². The Kier molecular flexibility index (Phi) is 9.95. The second kappa shape index (κ2) is 10.6. The topological polar surface area (TPSA) is 124 Å². The third-order valence-corrected chi connectivity index (χ3v) is 6.83. The molecule has 4 aliphatic rings. The highest BCUT2D eigenvalue weighted by Crippen LogP contribution is 2.37. The van der Waals surface area contributed by atoms with E-state index in [0.29, 0.717) is 24.9 Å². The van der Waals surface area contributed by atoms with Crippen LogP contribution in [0, 0.1) is 0 Å². The Bertz CT molecular complexity index is 672. The standard InChI is InChI=1S/C8H15NO3S.C7H13NO.CH3ClO2S.ClH/c1-13(11,12)9-6-2-3-7(9)5-8(10)4-6;9-7-3-5-1-2-6(4-7)8-5;1-5(2,3)4;/h6-8,10H,2-5H2,1H3;5-9H,1-4H2;1H3;1H/t6-,7+,8?;5-,6+,7?;;. The Hall–Kier alpha value is 0.320. The van der Waals surface area contributed by atoms with Crippen LogP contribution in [-0.4, -0.2) is 80.2 Å². The lowest BCUT2D eigenvalue weighted by atomic mass is 10.0. The van der Waals surface area contributed by atoms with E-state index in [1.807, 2.05) is 0 Å². The number of sulfonamides is 1. The Labute approximate surface area is 178 Å². The minimum absolute atomic E-state index is 0. The Balaban J connectivity index is 0.000000229. The van der Waals surface area contributed by atoms with Gasteiger partial charge in [-0.05, 0) is 51.4 Å². The van der Waals surface area contributed by atoms with Gasteiger partial charge in [-0.1, -0.05) is 0 Å². The molecule has 8 nitrogen and oxygen atoms in total. The predicted octanol–water partition coefficient (Wildman–Crippen LogP) is 0.802. The average molecular weight is 483 g/mol. The number of hydrogen-bond donors (Lipinski definition) is 3. The first-order valence-electron chi connectivity index (χ1n) is 9.33. The van der Waals surface area contributed by atoms with Crippen molar-refractivity contribution in [3.05, 3.63) is 0 Å². The normalized spacial score (nSPS) is 37.0. The summed E-state index contributed by atoms with van der Waals surface area (Å²) in [7, 11) is -1.76. The van der Waals surface area contributed by atoms with E-state index in [-0.39, 0.29) is 36.7 Å². The molecule has 0 aromatic carbocycles. The minimum atomic E-state index is -3.19. The third-order valence-electron chi connectivity index (χ3n) is 5.47. The maximum atomic E-state index is 11.4. The molecule has 6 atom stereocenters. The van der Waals surface area contributed by atoms with E-state index in [1.165, 1.54) is 19.1 Å². The van der Waals surface area contributed by atoms with Gasteiger partial charge in [-0.3, -0.25) is 0 Å². The lowest BCUT2D eigenvalue weighted by Crippen LogP contribution is -2.47. The number of halogens is 2. The molecule has 4 aliphatic heterocycles. The van der Waals surface area contributed by atoms with Gasteiger partial charge in [-0.25, -0.2) is 16.8 Å². The number of nitrogens with one attached hydrogen (secondary N) is 1. The Morgan fingerprint density at radius 1 is 0.821 bits per heavy atom. The van der Waals surface area contributed by atoms with Crippen molar-refractivity contribution < 1.29 is 27.0 Å². The molecule has 168 valence electrons. The van der Waals surface area contributed by atoms with Crippen LogP contribution in [0.4, 0.5) is 0 Å². The smallest absolute Gasteiger partial charge is 0.229 e. The molecule has 28 heavy (non-hydrogen) atoms. The van der Waals surface area contributed by atoms with Gasteiger partial charge < -0.3 is 15.5 Å². The van der Waals surface area contributed by atoms with Crippen LogP contribution in [0.25, 0.3) is 0 Å². The van der Waals surface area contributed by atoms with E-state index in [4.69, 9.17) is 0 Å². The monoisotopic (exact) mass is 482 g/mol. The summed E-state index contributed by atoms with van der Waals surface area (Å²) in [4.78, 5) is 0. The summed E-state index contributed by atoms with van der Waals surface area (Å²) < 4.78 is 43.2. The van der Waals surface area contributed by atoms with E-state index in [2.05, 4.69) is 16.0 Å². The molecule has 4 fully saturated rings. The summed E-state index contributed by atoms with van der Waals surface area (Å²) in [6.07, 6.45) is 9.46. The number of fused-ring (bicyclic) bond motifs is 4. The molecular formula is C16H32Cl2N2O6S2. The minimum Gasteiger partial charge on any atom is -0.393 e. The first kappa shape index (κ1) is 26.4. The lowest BCUT2D eigenvalue weighted by molar-refractivity contribution is 0.0772. The van der Waals surface area contributed by atoms with Gasteiger partial charge in [0.25, 0.3) is 0 Å². The summed E-state index contributed by atoms with van der Waals surface area (Å²) in [5.74, 6) is 0. The van der Waals surface area contributed by atoms with Gasteiger partial charge >= 0.3 is 0 Å². The van der Waals surface area contributed by atoms with Crippen LogP contribution in [-0.2, 0) is 19.1 Å². The average Bonchev–Trinajstić information content (AvgIpc) is 2.95. The molecule has 3 N–H and O–H groups in total. The van der Waals surface area contributed by atoms with Crippen molar-refractivity contribution in [2.24, 2.45) is 0 Å². The molecule has 0 spiro atoms. The number of aliphatic hydroxyl groups is 2. The van der Waals surface area contributed by atoms with Crippen molar-refractivity contribution in [1.29, 1.82) is 0 Å². The van der Waals surface area contributed by atoms with Gasteiger partial charge in [-0.2, -0.15) is 4.31 Å². The molecule has 4 rings (SSSR count). The van der Waals surface area contributed by atoms with E-state index < -0.39 is 19.1 Å². The van der Waals surface area contributed by atoms with Crippen LogP contribution < -0.4 is 5.32 Å². The summed E-state index contributed by atoms with van der Waals surface area (Å²) >= 11 is 0. The summed E-state index contributed by atoms with van der Waals surface area (Å²) in [6, 6.07) is 1.39. The van der Waals surface area contributed by atoms with Crippen molar-refractivity contribution in [3.63, 3.8) is 0 Å². The number of hydrogen-bond acceptors (Lipinski definition) is 7. The molecule has 0 radical (unpaired) electrons. The number of rotatable bonds is 1. The molecule has 0 saturated carbocycles. The van der Waals surface area contributed by atoms with Crippen molar-refractivity contribution in [1.82, 2.24) is 9.62 Å². The predicted molar refractivity (Wildman–Crippen MR) is 112 cm³/mol. The molecule has 0 aliphatic carbocycles. The highest BCUT2D eigenvalue weighted by molar-refractivity contribution is 8.13. The number of piperidine rings is 2. The zero-order chi connectivity index (χ0) is 20.4. The molecule has 4 saturated heterocycles. The summed E-state index contributed by atoms with van der Waals surface area (Å²) in [5.41, 5.74) is 0. The molecular weight excluding hydrogens is 451 g/mol. The fraction of sp³-hybridized carbons (Fsp3) is 1.00. The zero-order valence-electron chi connectivity index (χ0n) is 16.2. The van der Waals surface area contributed by atoms with Gasteiger partial charge in [0.2, 0.25) is 19.1 Å². The van der Waals surface area contributed by atoms with E-state index in [0.717, 1.165) is 31.9 Å². The largest absolute Gasteiger partial charge is 0.393 e. The summed E-state index contributed by atoms with van der Waals surface area (Å²) in [6.45, 7) is 0. The van der Waals surface area contributed by atoms with Crippen LogP contribution in [0.3, 0.4) is 0 Å². The quantitative estimate of drug-likeness (QED) is 0.472. The third kappa shape index (κ3) is 8.59. The molecule has 4 bridgehead atoms. The second-order valence-electron chi connectivity index (χ2n) is 8.05. The molecule has 0 amide bonds. The molecule has 2 unspecified atom stereocenters. The number of nitrogens with zero attached hydrogens (tertiary/aromatic N) is 1. The Morgan fingerprint density at radius 3 is 1.54 bits per heavy atom. The number of aliphatic hydroxyl groups excluding tert-OH is 2. The molecule has 0 aromatic rings. The van der Waals surface area contributed by atoms with Crippen molar-refractivity contribution >= 4 is 42.2 Å². The highest BCUT2D eigenvalue weighted by atomic mass is 35.7. The van der Waals surface area contributed by atoms with Gasteiger partial charge in [0.15, 0.2) is 0 Å². The maximum Gasteiger partial charge on any atom is 0.229 e. The summed E-state index contributed by atoms with van der Waals surface area (Å²) in [5, 5.41) is 22.2. The van der Waals surface area contributed by atoms with Gasteiger partial charge in [0, 0.05) is 34.8 Å². The maximum absolute atomic E-state index is 11.4. The first-order valence-corrected chi connectivity index (χ1v) is 13.9. The SMILES string of the molecule is CS(=O)(=O)Cl.CS(=O)(=O)N1[C@@H]2CC[C@H]1CC(O)C2.Cl.OC1C[C@H]2CC[C@@H](C1)N2. The van der Waals surface area contributed by atoms with Crippen LogP contribution in [0.1, 0.15) is 51.4 Å². The molecule has 4 heterocycles. The molecule has 0 aromatic heterocycles. The van der Waals surface area contributed by atoms with Gasteiger partial charge in [0.1, 0.15) is 0 Å². The Morgan fingerprint density at radius 2 is 1.18 bits per heavy atom. The van der Waals surface area contributed by atoms with Gasteiger partial charge in [0.05, 0.1) is 24.7 Å². The fourth-order valence-corrected chi connectivity index (χ4v) is 6.14. The van der Waals surface area contributed by atoms with E-state index >= 15 is 0 Å². The van der Waals surface area contributed by atoms with Crippen molar-refractivity contribution in [2.45, 2.75) is 87.7 Å². The van der Waals surface area contributed by atoms with Crippen LogP contribution in [0.2, 0.25) is 0 Å².